The van der Waals surface area contributed by atoms with E-state index in [4.69, 9.17) is 23.1 Å². The van der Waals surface area contributed by atoms with Gasteiger partial charge in [0.1, 0.15) is 18.0 Å². The maximum atomic E-state index is 12.3. The van der Waals surface area contributed by atoms with Gasteiger partial charge >= 0.3 is 6.09 Å². The number of hydrogen-bond acceptors (Lipinski definition) is 8. The molecule has 0 heterocycles. The van der Waals surface area contributed by atoms with Gasteiger partial charge in [0.05, 0.1) is 37.9 Å². The van der Waals surface area contributed by atoms with Crippen LogP contribution >= 0.6 is 15.9 Å². The number of nitrogens with zero attached hydrogens (tertiary/aromatic N) is 1. The van der Waals surface area contributed by atoms with E-state index < -0.39 is 21.8 Å². The van der Waals surface area contributed by atoms with Gasteiger partial charge in [0.2, 0.25) is 0 Å². The minimum absolute atomic E-state index is 0.0770. The summed E-state index contributed by atoms with van der Waals surface area (Å²) in [6.45, 7) is 7.00. The van der Waals surface area contributed by atoms with Crippen molar-refractivity contribution in [2.45, 2.75) is 31.3 Å². The van der Waals surface area contributed by atoms with Crippen LogP contribution in [-0.2, 0) is 28.5 Å². The molecular weight excluding hydrogens is 638 g/mol. The van der Waals surface area contributed by atoms with E-state index in [1.807, 2.05) is 81.5 Å². The third-order valence-electron chi connectivity index (χ3n) is 5.73. The van der Waals surface area contributed by atoms with Crippen LogP contribution in [0.25, 0.3) is 12.2 Å². The second-order valence-corrected chi connectivity index (χ2v) is 12.9. The zero-order chi connectivity index (χ0) is 31.3. The molecule has 0 aliphatic carbocycles. The normalized spacial score (nSPS) is 11.9. The predicted molar refractivity (Wildman–Crippen MR) is 171 cm³/mol. The number of benzene rings is 3. The first-order valence-corrected chi connectivity index (χ1v) is 15.9. The highest BCUT2D eigenvalue weighted by Crippen LogP contribution is 2.20. The summed E-state index contributed by atoms with van der Waals surface area (Å²) in [6, 6.07) is 21.6. The molecule has 0 aromatic heterocycles. The largest absolute Gasteiger partial charge is 0.491 e. The van der Waals surface area contributed by atoms with Crippen molar-refractivity contribution in [2.24, 2.45) is 0 Å². The summed E-state index contributed by atoms with van der Waals surface area (Å²) >= 11 is 3.27. The Bertz CT molecular complexity index is 1420. The number of carbonyl (C=O) groups excluding carboxylic acids is 1. The molecule has 232 valence electrons. The SMILES string of the molecule is CN(C(=O)OC(C)(C)C)c1ccc(C=Cc2ccc(OCCOCCOCCOS(=O)(=O)c3ccc(Br)cc3)cc2)cc1. The average molecular weight is 677 g/mol. The minimum atomic E-state index is -3.80. The van der Waals surface area contributed by atoms with Crippen LogP contribution in [0.3, 0.4) is 0 Å². The molecule has 11 heteroatoms. The first-order valence-electron chi connectivity index (χ1n) is 13.7. The Balaban J connectivity index is 1.28. The Morgan fingerprint density at radius 1 is 0.767 bits per heavy atom. The van der Waals surface area contributed by atoms with E-state index in [1.54, 1.807) is 19.2 Å². The lowest BCUT2D eigenvalue weighted by atomic mass is 10.1. The lowest BCUT2D eigenvalue weighted by Gasteiger charge is -2.24. The van der Waals surface area contributed by atoms with Gasteiger partial charge in [-0.25, -0.2) is 4.79 Å². The van der Waals surface area contributed by atoms with Gasteiger partial charge in [-0.2, -0.15) is 8.42 Å². The van der Waals surface area contributed by atoms with Crippen molar-refractivity contribution in [3.8, 4) is 5.75 Å². The van der Waals surface area contributed by atoms with E-state index in [2.05, 4.69) is 15.9 Å². The lowest BCUT2D eigenvalue weighted by Crippen LogP contribution is -2.34. The van der Waals surface area contributed by atoms with E-state index in [9.17, 15) is 13.2 Å². The number of rotatable bonds is 15. The molecule has 3 aromatic rings. The molecule has 0 aliphatic heterocycles. The second-order valence-electron chi connectivity index (χ2n) is 10.3. The zero-order valence-corrected chi connectivity index (χ0v) is 27.2. The minimum Gasteiger partial charge on any atom is -0.491 e. The van der Waals surface area contributed by atoms with Gasteiger partial charge in [0.15, 0.2) is 0 Å². The van der Waals surface area contributed by atoms with E-state index in [0.29, 0.717) is 26.4 Å². The smallest absolute Gasteiger partial charge is 0.414 e. The summed E-state index contributed by atoms with van der Waals surface area (Å²) in [6.07, 6.45) is 3.60. The molecular formula is C32H38BrNO8S. The van der Waals surface area contributed by atoms with Crippen LogP contribution in [0.2, 0.25) is 0 Å². The monoisotopic (exact) mass is 675 g/mol. The molecule has 0 aliphatic rings. The maximum absolute atomic E-state index is 12.3. The molecule has 43 heavy (non-hydrogen) atoms. The number of hydrogen-bond donors (Lipinski definition) is 0. The second kappa shape index (κ2) is 16.6. The summed E-state index contributed by atoms with van der Waals surface area (Å²) in [5, 5.41) is 0. The van der Waals surface area contributed by atoms with E-state index in [1.165, 1.54) is 17.0 Å². The first kappa shape index (κ1) is 34.3. The number of halogens is 1. The average Bonchev–Trinajstić information content (AvgIpc) is 2.97. The van der Waals surface area contributed by atoms with Gasteiger partial charge in [-0.3, -0.25) is 9.08 Å². The van der Waals surface area contributed by atoms with Crippen LogP contribution in [-0.4, -0.2) is 66.8 Å². The summed E-state index contributed by atoms with van der Waals surface area (Å²) in [5.41, 5.74) is 2.22. The summed E-state index contributed by atoms with van der Waals surface area (Å²) in [7, 11) is -2.12. The Hall–Kier alpha value is -3.22. The van der Waals surface area contributed by atoms with Crippen LogP contribution in [0.15, 0.2) is 82.2 Å². The molecule has 0 radical (unpaired) electrons. The lowest BCUT2D eigenvalue weighted by molar-refractivity contribution is 0.0279. The Labute approximate surface area is 262 Å². The molecule has 0 saturated heterocycles. The van der Waals surface area contributed by atoms with Crippen LogP contribution in [0, 0.1) is 0 Å². The molecule has 0 N–H and O–H groups in total. The first-order chi connectivity index (χ1) is 20.4. The fourth-order valence-electron chi connectivity index (χ4n) is 3.52. The summed E-state index contributed by atoms with van der Waals surface area (Å²) < 4.78 is 52.0. The number of carbonyl (C=O) groups is 1. The molecule has 0 spiro atoms. The highest BCUT2D eigenvalue weighted by atomic mass is 79.9. The summed E-state index contributed by atoms with van der Waals surface area (Å²) in [5.74, 6) is 0.732. The topological polar surface area (TPSA) is 101 Å². The highest BCUT2D eigenvalue weighted by Gasteiger charge is 2.20. The number of amides is 1. The van der Waals surface area contributed by atoms with Crippen LogP contribution in [0.5, 0.6) is 5.75 Å². The molecule has 0 saturated carbocycles. The molecule has 0 fully saturated rings. The molecule has 0 bridgehead atoms. The maximum Gasteiger partial charge on any atom is 0.414 e. The quantitative estimate of drug-likeness (QED) is 0.0984. The van der Waals surface area contributed by atoms with Crippen molar-refractivity contribution in [3.63, 3.8) is 0 Å². The molecule has 9 nitrogen and oxygen atoms in total. The van der Waals surface area contributed by atoms with Crippen molar-refractivity contribution in [3.05, 3.63) is 88.4 Å². The van der Waals surface area contributed by atoms with Gasteiger partial charge in [0.25, 0.3) is 10.1 Å². The molecule has 3 aromatic carbocycles. The van der Waals surface area contributed by atoms with E-state index >= 15 is 0 Å². The molecule has 0 atom stereocenters. The van der Waals surface area contributed by atoms with Crippen molar-refractivity contribution >= 4 is 50.0 Å². The van der Waals surface area contributed by atoms with Gasteiger partial charge in [-0.1, -0.05) is 52.3 Å². The molecule has 0 unspecified atom stereocenters. The predicted octanol–water partition coefficient (Wildman–Crippen LogP) is 6.81. The summed E-state index contributed by atoms with van der Waals surface area (Å²) in [4.78, 5) is 13.8. The van der Waals surface area contributed by atoms with Crippen molar-refractivity contribution in [2.75, 3.05) is 51.6 Å². The Kier molecular flexibility index (Phi) is 13.2. The van der Waals surface area contributed by atoms with Crippen LogP contribution in [0.1, 0.15) is 31.9 Å². The third kappa shape index (κ3) is 12.5. The van der Waals surface area contributed by atoms with E-state index in [-0.39, 0.29) is 18.1 Å². The fourth-order valence-corrected chi connectivity index (χ4v) is 4.68. The Morgan fingerprint density at radius 3 is 1.84 bits per heavy atom. The van der Waals surface area contributed by atoms with Crippen molar-refractivity contribution < 1.29 is 36.3 Å². The zero-order valence-electron chi connectivity index (χ0n) is 24.8. The van der Waals surface area contributed by atoms with Crippen molar-refractivity contribution in [1.82, 2.24) is 0 Å². The van der Waals surface area contributed by atoms with E-state index in [0.717, 1.165) is 27.0 Å². The number of ether oxygens (including phenoxy) is 4. The van der Waals surface area contributed by atoms with Gasteiger partial charge in [0, 0.05) is 17.2 Å². The van der Waals surface area contributed by atoms with Gasteiger partial charge in [-0.05, 0) is 80.4 Å². The third-order valence-corrected chi connectivity index (χ3v) is 7.59. The van der Waals surface area contributed by atoms with Crippen LogP contribution < -0.4 is 9.64 Å². The standard InChI is InChI=1S/C32H38BrNO8S/c1-32(2,3)42-31(35)34(4)28-13-7-25(8-14-28)5-6-26-9-15-29(16-10-26)40-23-21-38-19-20-39-22-24-41-43(36,37)30-17-11-27(33)12-18-30/h5-18H,19-24H2,1-4H3. The number of anilines is 1. The fraction of sp³-hybridized carbons (Fsp3) is 0.344. The van der Waals surface area contributed by atoms with Crippen LogP contribution in [0.4, 0.5) is 10.5 Å². The highest BCUT2D eigenvalue weighted by molar-refractivity contribution is 9.10. The Morgan fingerprint density at radius 2 is 1.28 bits per heavy atom. The van der Waals surface area contributed by atoms with Gasteiger partial charge < -0.3 is 18.9 Å². The molecule has 1 amide bonds. The van der Waals surface area contributed by atoms with Crippen molar-refractivity contribution in [1.29, 1.82) is 0 Å². The molecule has 3 rings (SSSR count). The van der Waals surface area contributed by atoms with Gasteiger partial charge in [-0.15, -0.1) is 0 Å².